The number of aliphatic hydroxyl groups is 2. The van der Waals surface area contributed by atoms with Crippen LogP contribution in [0.25, 0.3) is 0 Å². The van der Waals surface area contributed by atoms with Crippen LogP contribution >= 0.6 is 11.3 Å². The number of ether oxygens (including phenoxy) is 1. The summed E-state index contributed by atoms with van der Waals surface area (Å²) in [5.41, 5.74) is 1.48. The number of esters is 1. The molecule has 4 unspecified atom stereocenters. The van der Waals surface area contributed by atoms with Gasteiger partial charge in [0.2, 0.25) is 0 Å². The van der Waals surface area contributed by atoms with Crippen molar-refractivity contribution in [2.75, 3.05) is 39.3 Å². The number of hydrogen-bond donors (Lipinski definition) is 3. The molecule has 0 spiro atoms. The number of halogens is 1. The van der Waals surface area contributed by atoms with Crippen LogP contribution in [0.1, 0.15) is 55.3 Å². The van der Waals surface area contributed by atoms with Crippen LogP contribution in [0.4, 0.5) is 9.18 Å². The Morgan fingerprint density at radius 2 is 2.09 bits per heavy atom. The zero-order valence-corrected chi connectivity index (χ0v) is 26.0. The van der Waals surface area contributed by atoms with Gasteiger partial charge >= 0.3 is 12.0 Å². The molecule has 13 heteroatoms. The van der Waals surface area contributed by atoms with E-state index in [1.165, 1.54) is 17.4 Å². The molecule has 3 aliphatic heterocycles. The second-order valence-corrected chi connectivity index (χ2v) is 13.2. The molecule has 3 fully saturated rings. The SMILES string of the molecule is CCOC(=O)C1=C(CN2CCN3C(=O)N(C4CCC(C(O)O)C4)CC3(C)C2)NC(c2nccs2)=NC1c1cccc(F)c1C. The van der Waals surface area contributed by atoms with Crippen molar-refractivity contribution in [2.24, 2.45) is 10.9 Å². The number of nitrogens with one attached hydrogen (secondary N) is 1. The minimum atomic E-state index is -1.37. The van der Waals surface area contributed by atoms with E-state index in [9.17, 15) is 24.2 Å². The molecule has 0 bridgehead atoms. The number of aliphatic hydroxyl groups excluding tert-OH is 1. The zero-order chi connectivity index (χ0) is 31.2. The van der Waals surface area contributed by atoms with Gasteiger partial charge in [0, 0.05) is 62.0 Å². The van der Waals surface area contributed by atoms with Crippen molar-refractivity contribution in [3.8, 4) is 0 Å². The van der Waals surface area contributed by atoms with Crippen molar-refractivity contribution in [2.45, 2.75) is 63.9 Å². The average molecular weight is 627 g/mol. The summed E-state index contributed by atoms with van der Waals surface area (Å²) in [4.78, 5) is 42.5. The number of nitrogens with zero attached hydrogens (tertiary/aromatic N) is 5. The van der Waals surface area contributed by atoms with E-state index in [1.807, 2.05) is 15.2 Å². The van der Waals surface area contributed by atoms with E-state index in [1.54, 1.807) is 32.2 Å². The summed E-state index contributed by atoms with van der Waals surface area (Å²) in [6.07, 6.45) is 2.33. The first-order chi connectivity index (χ1) is 21.1. The van der Waals surface area contributed by atoms with Crippen LogP contribution in [-0.4, -0.2) is 105 Å². The maximum absolute atomic E-state index is 14.8. The topological polar surface area (TPSA) is 131 Å². The summed E-state index contributed by atoms with van der Waals surface area (Å²) in [5.74, 6) is -0.604. The van der Waals surface area contributed by atoms with Crippen molar-refractivity contribution in [1.82, 2.24) is 25.0 Å². The number of carbonyl (C=O) groups is 2. The van der Waals surface area contributed by atoms with Gasteiger partial charge in [0.15, 0.2) is 17.1 Å². The highest BCUT2D eigenvalue weighted by molar-refractivity contribution is 7.11. The number of piperazine rings is 1. The van der Waals surface area contributed by atoms with E-state index >= 15 is 0 Å². The molecule has 1 aromatic heterocycles. The van der Waals surface area contributed by atoms with Gasteiger partial charge in [-0.1, -0.05) is 12.1 Å². The third-order valence-corrected chi connectivity index (χ3v) is 10.2. The minimum Gasteiger partial charge on any atom is -0.463 e. The van der Waals surface area contributed by atoms with E-state index in [-0.39, 0.29) is 30.4 Å². The molecule has 2 saturated heterocycles. The molecule has 2 aromatic rings. The predicted octanol–water partition coefficient (Wildman–Crippen LogP) is 2.79. The minimum absolute atomic E-state index is 0.00715. The second-order valence-electron chi connectivity index (χ2n) is 12.3. The molecule has 3 N–H and O–H groups in total. The van der Waals surface area contributed by atoms with Gasteiger partial charge in [-0.2, -0.15) is 0 Å². The number of urea groups is 1. The number of carbonyl (C=O) groups excluding carboxylic acids is 2. The largest absolute Gasteiger partial charge is 0.463 e. The molecule has 1 aromatic carbocycles. The van der Waals surface area contributed by atoms with E-state index in [0.717, 1.165) is 6.42 Å². The summed E-state index contributed by atoms with van der Waals surface area (Å²) in [6.45, 7) is 8.28. The van der Waals surface area contributed by atoms with Gasteiger partial charge in [0.05, 0.1) is 17.7 Å². The lowest BCUT2D eigenvalue weighted by Crippen LogP contribution is -2.60. The van der Waals surface area contributed by atoms with Crippen LogP contribution in [0.15, 0.2) is 46.0 Å². The number of aromatic nitrogens is 1. The Morgan fingerprint density at radius 1 is 1.27 bits per heavy atom. The van der Waals surface area contributed by atoms with Gasteiger partial charge in [0.25, 0.3) is 0 Å². The lowest BCUT2D eigenvalue weighted by molar-refractivity contribution is -0.139. The molecule has 4 atom stereocenters. The molecular weight excluding hydrogens is 587 g/mol. The Morgan fingerprint density at radius 3 is 2.80 bits per heavy atom. The fourth-order valence-corrected chi connectivity index (χ4v) is 7.75. The quantitative estimate of drug-likeness (QED) is 0.301. The second kappa shape index (κ2) is 12.2. The molecule has 1 aliphatic carbocycles. The average Bonchev–Trinajstić information content (AvgIpc) is 3.74. The number of thiazole rings is 1. The first-order valence-corrected chi connectivity index (χ1v) is 16.0. The van der Waals surface area contributed by atoms with Gasteiger partial charge in [-0.25, -0.2) is 19.0 Å². The zero-order valence-electron chi connectivity index (χ0n) is 25.2. The summed E-state index contributed by atoms with van der Waals surface area (Å²) < 4.78 is 20.3. The number of fused-ring (bicyclic) bond motifs is 1. The van der Waals surface area contributed by atoms with Gasteiger partial charge < -0.3 is 30.1 Å². The molecule has 236 valence electrons. The van der Waals surface area contributed by atoms with Crippen LogP contribution in [0.3, 0.4) is 0 Å². The predicted molar refractivity (Wildman–Crippen MR) is 162 cm³/mol. The van der Waals surface area contributed by atoms with Crippen molar-refractivity contribution in [3.63, 3.8) is 0 Å². The molecule has 11 nitrogen and oxygen atoms in total. The number of amides is 2. The lowest BCUT2D eigenvalue weighted by atomic mass is 9.91. The first-order valence-electron chi connectivity index (χ1n) is 15.2. The molecule has 4 aliphatic rings. The third kappa shape index (κ3) is 5.62. The van der Waals surface area contributed by atoms with Crippen LogP contribution in [0, 0.1) is 18.7 Å². The van der Waals surface area contributed by atoms with E-state index in [0.29, 0.717) is 78.8 Å². The van der Waals surface area contributed by atoms with Crippen LogP contribution in [-0.2, 0) is 9.53 Å². The molecule has 44 heavy (non-hydrogen) atoms. The highest BCUT2D eigenvalue weighted by Crippen LogP contribution is 2.39. The molecule has 1 saturated carbocycles. The molecular formula is C31H39FN6O5S. The third-order valence-electron chi connectivity index (χ3n) is 9.39. The highest BCUT2D eigenvalue weighted by Gasteiger charge is 2.52. The summed E-state index contributed by atoms with van der Waals surface area (Å²) in [5, 5.41) is 25.2. The summed E-state index contributed by atoms with van der Waals surface area (Å²) >= 11 is 1.42. The summed E-state index contributed by atoms with van der Waals surface area (Å²) in [6, 6.07) is 3.98. The Bertz CT molecular complexity index is 1480. The molecule has 4 heterocycles. The van der Waals surface area contributed by atoms with Gasteiger partial charge in [-0.3, -0.25) is 9.89 Å². The van der Waals surface area contributed by atoms with Crippen molar-refractivity contribution in [1.29, 1.82) is 0 Å². The van der Waals surface area contributed by atoms with Crippen LogP contribution < -0.4 is 5.32 Å². The molecule has 6 rings (SSSR count). The maximum atomic E-state index is 14.8. The Balaban J connectivity index is 1.30. The number of rotatable bonds is 8. The van der Waals surface area contributed by atoms with Crippen molar-refractivity contribution >= 4 is 29.2 Å². The number of hydrogen-bond acceptors (Lipinski definition) is 10. The van der Waals surface area contributed by atoms with E-state index in [2.05, 4.69) is 22.1 Å². The van der Waals surface area contributed by atoms with E-state index < -0.39 is 23.8 Å². The van der Waals surface area contributed by atoms with Crippen molar-refractivity contribution in [3.05, 3.63) is 63.0 Å². The molecule has 2 amide bonds. The van der Waals surface area contributed by atoms with Gasteiger partial charge in [-0.05, 0) is 57.2 Å². The van der Waals surface area contributed by atoms with Crippen molar-refractivity contribution < 1.29 is 28.9 Å². The molecule has 0 radical (unpaired) electrons. The Labute approximate surface area is 260 Å². The first kappa shape index (κ1) is 30.6. The lowest BCUT2D eigenvalue weighted by Gasteiger charge is -2.44. The highest BCUT2D eigenvalue weighted by atomic mass is 32.1. The maximum Gasteiger partial charge on any atom is 0.338 e. The van der Waals surface area contributed by atoms with Crippen LogP contribution in [0.5, 0.6) is 0 Å². The van der Waals surface area contributed by atoms with E-state index in [4.69, 9.17) is 9.73 Å². The standard InChI is InChI=1S/C31H39FN6O5S/c1-4-43-29(41)24-23(34-26(27-33-10-13-44-27)35-25(24)21-6-5-7-22(32)18(21)2)15-36-11-12-38-30(42)37(17-31(38,3)16-36)20-9-8-19(14-20)28(39)40/h5-7,10,13,19-20,25,28,39-40H,4,8-9,11-12,14-17H2,1-3H3,(H,34,35). The van der Waals surface area contributed by atoms with Gasteiger partial charge in [-0.15, -0.1) is 11.3 Å². The Hall–Kier alpha value is -3.39. The monoisotopic (exact) mass is 626 g/mol. The summed E-state index contributed by atoms with van der Waals surface area (Å²) in [7, 11) is 0. The normalized spacial score (nSPS) is 27.6. The Kier molecular flexibility index (Phi) is 8.48. The smallest absolute Gasteiger partial charge is 0.338 e. The number of amidine groups is 1. The van der Waals surface area contributed by atoms with Crippen LogP contribution in [0.2, 0.25) is 0 Å². The number of benzene rings is 1. The fraction of sp³-hybridized carbons (Fsp3) is 0.548. The van der Waals surface area contributed by atoms with Gasteiger partial charge in [0.1, 0.15) is 11.9 Å². The fourth-order valence-electron chi connectivity index (χ4n) is 7.16. The number of aliphatic imine (C=N–C) groups is 1.